The van der Waals surface area contributed by atoms with E-state index >= 15 is 0 Å². The molecule has 3 N–H and O–H groups in total. The second kappa shape index (κ2) is 13.1. The average molecular weight is 618 g/mol. The molecule has 2 aliphatic rings. The van der Waals surface area contributed by atoms with Crippen LogP contribution in [0.25, 0.3) is 0 Å². The highest BCUT2D eigenvalue weighted by Gasteiger charge is 2.39. The minimum absolute atomic E-state index is 0.0194. The minimum atomic E-state index is -4.52. The summed E-state index contributed by atoms with van der Waals surface area (Å²) in [5.74, 6) is -9.97. The van der Waals surface area contributed by atoms with E-state index in [1.165, 1.54) is 0 Å². The van der Waals surface area contributed by atoms with Gasteiger partial charge in [-0.15, -0.1) is 0 Å². The van der Waals surface area contributed by atoms with Crippen LogP contribution in [0.2, 0.25) is 0 Å². The zero-order valence-corrected chi connectivity index (χ0v) is 22.8. The van der Waals surface area contributed by atoms with E-state index in [0.29, 0.717) is 31.8 Å². The number of carbonyl (C=O) groups excluding carboxylic acids is 2. The molecule has 0 radical (unpaired) electrons. The summed E-state index contributed by atoms with van der Waals surface area (Å²) >= 11 is 0. The number of sulfonamides is 1. The fourth-order valence-electron chi connectivity index (χ4n) is 4.71. The van der Waals surface area contributed by atoms with Gasteiger partial charge in [-0.2, -0.15) is 4.31 Å². The maximum absolute atomic E-state index is 14.7. The lowest BCUT2D eigenvalue weighted by atomic mass is 9.92. The number of nitrogens with zero attached hydrogens (tertiary/aromatic N) is 1. The highest BCUT2D eigenvalue weighted by atomic mass is 32.2. The molecule has 2 aromatic rings. The molecule has 2 saturated heterocycles. The largest absolute Gasteiger partial charge is 0.478 e. The van der Waals surface area contributed by atoms with Crippen molar-refractivity contribution in [1.29, 1.82) is 0 Å². The molecule has 1 amide bonds. The lowest BCUT2D eigenvalue weighted by molar-refractivity contribution is -0.171. The van der Waals surface area contributed by atoms with Crippen LogP contribution in [-0.2, 0) is 29.1 Å². The number of halogens is 4. The summed E-state index contributed by atoms with van der Waals surface area (Å²) in [6.45, 7) is 0.980. The van der Waals surface area contributed by atoms with E-state index in [9.17, 15) is 45.5 Å². The highest BCUT2D eigenvalue weighted by molar-refractivity contribution is 7.89. The number of benzene rings is 2. The van der Waals surface area contributed by atoms with Gasteiger partial charge in [0.15, 0.2) is 17.5 Å². The minimum Gasteiger partial charge on any atom is -0.478 e. The van der Waals surface area contributed by atoms with Crippen molar-refractivity contribution in [3.05, 3.63) is 59.2 Å². The Morgan fingerprint density at radius 2 is 1.74 bits per heavy atom. The number of aliphatic carboxylic acids is 1. The number of carboxylic acid groups (broad SMARTS) is 1. The van der Waals surface area contributed by atoms with Crippen LogP contribution >= 0.6 is 0 Å². The Morgan fingerprint density at radius 3 is 2.33 bits per heavy atom. The van der Waals surface area contributed by atoms with Crippen LogP contribution in [0, 0.1) is 29.2 Å². The highest BCUT2D eigenvalue weighted by Crippen LogP contribution is 2.29. The van der Waals surface area contributed by atoms with Gasteiger partial charge in [-0.05, 0) is 31.0 Å². The molecule has 0 bridgehead atoms. The number of rotatable bonds is 9. The Morgan fingerprint density at radius 1 is 1.07 bits per heavy atom. The molecule has 2 atom stereocenters. The zero-order chi connectivity index (χ0) is 30.6. The molecule has 228 valence electrons. The molecule has 2 aliphatic heterocycles. The van der Waals surface area contributed by atoms with E-state index in [0.717, 1.165) is 22.5 Å². The zero-order valence-electron chi connectivity index (χ0n) is 21.9. The topological polar surface area (TPSA) is 151 Å². The number of hydrogen-bond donors (Lipinski definition) is 3. The van der Waals surface area contributed by atoms with E-state index in [1.54, 1.807) is 0 Å². The van der Waals surface area contributed by atoms with Crippen molar-refractivity contribution in [2.24, 2.45) is 5.92 Å². The normalized spacial score (nSPS) is 19.2. The molecule has 2 aromatic carbocycles. The van der Waals surface area contributed by atoms with Gasteiger partial charge in [-0.1, -0.05) is 0 Å². The summed E-state index contributed by atoms with van der Waals surface area (Å²) in [6, 6.07) is 3.46. The van der Waals surface area contributed by atoms with E-state index < -0.39 is 79.8 Å². The maximum atomic E-state index is 14.7. The summed E-state index contributed by atoms with van der Waals surface area (Å²) in [7, 11) is -4.52. The van der Waals surface area contributed by atoms with Gasteiger partial charge in [0.2, 0.25) is 16.1 Å². The van der Waals surface area contributed by atoms with E-state index in [-0.39, 0.29) is 37.9 Å². The molecule has 0 aliphatic carbocycles. The van der Waals surface area contributed by atoms with Crippen molar-refractivity contribution in [3.8, 4) is 0 Å². The lowest BCUT2D eigenvalue weighted by Gasteiger charge is -2.33. The number of piperidine rings is 1. The van der Waals surface area contributed by atoms with Crippen LogP contribution in [-0.4, -0.2) is 80.7 Å². The van der Waals surface area contributed by atoms with Crippen molar-refractivity contribution in [1.82, 2.24) is 9.62 Å². The molecular formula is C26H27F4N3O8S. The number of amides is 1. The number of hydrogen-bond acceptors (Lipinski definition) is 8. The molecular weight excluding hydrogens is 590 g/mol. The van der Waals surface area contributed by atoms with Crippen molar-refractivity contribution < 1.29 is 54.9 Å². The first-order valence-corrected chi connectivity index (χ1v) is 14.3. The first-order valence-electron chi connectivity index (χ1n) is 12.9. The number of esters is 1. The van der Waals surface area contributed by atoms with Crippen LogP contribution in [0.3, 0.4) is 0 Å². The predicted octanol–water partition coefficient (Wildman–Crippen LogP) is 2.27. The molecule has 4 rings (SSSR count). The molecule has 0 aromatic heterocycles. The van der Waals surface area contributed by atoms with Crippen LogP contribution < -0.4 is 10.6 Å². The van der Waals surface area contributed by atoms with Crippen molar-refractivity contribution in [2.75, 3.05) is 38.1 Å². The number of nitrogens with one attached hydrogen (secondary N) is 2. The van der Waals surface area contributed by atoms with Gasteiger partial charge >= 0.3 is 11.9 Å². The van der Waals surface area contributed by atoms with Crippen LogP contribution in [0.5, 0.6) is 0 Å². The van der Waals surface area contributed by atoms with E-state index in [1.807, 2.05) is 0 Å². The fraction of sp³-hybridized carbons (Fsp3) is 0.423. The standard InChI is InChI=1S/C26H27F4N3O8S/c27-18-2-1-15(25(35)32-16-10-19(28)23(30)20(29)11-16)9-21(18)42(38,39)33-6-3-14(4-7-33)24(26(36)37)41-22(34)12-17-13-31-5-8-40-17/h1-2,9-11,14,17,24,31H,3-8,12-13H2,(H,32,35)(H,36,37). The number of morpholine rings is 1. The smallest absolute Gasteiger partial charge is 0.345 e. The van der Waals surface area contributed by atoms with Gasteiger partial charge in [0.05, 0.1) is 19.1 Å². The molecule has 2 unspecified atom stereocenters. The summed E-state index contributed by atoms with van der Waals surface area (Å²) in [4.78, 5) is 35.9. The average Bonchev–Trinajstić information content (AvgIpc) is 2.95. The van der Waals surface area contributed by atoms with Crippen LogP contribution in [0.1, 0.15) is 29.6 Å². The monoisotopic (exact) mass is 617 g/mol. The first kappa shape index (κ1) is 31.3. The Labute approximate surface area is 237 Å². The van der Waals surface area contributed by atoms with Gasteiger partial charge < -0.3 is 25.2 Å². The Hall–Kier alpha value is -3.60. The van der Waals surface area contributed by atoms with Gasteiger partial charge in [0.25, 0.3) is 5.91 Å². The predicted molar refractivity (Wildman–Crippen MR) is 137 cm³/mol. The molecule has 0 saturated carbocycles. The molecule has 42 heavy (non-hydrogen) atoms. The Kier molecular flexibility index (Phi) is 9.81. The van der Waals surface area contributed by atoms with E-state index in [2.05, 4.69) is 10.6 Å². The van der Waals surface area contributed by atoms with Gasteiger partial charge in [0, 0.05) is 55.5 Å². The SMILES string of the molecule is O=C(CC1CNCCO1)OC(C(=O)O)C1CCN(S(=O)(=O)c2cc(C(=O)Nc3cc(F)c(F)c(F)c3)ccc2F)CC1. The second-order valence-electron chi connectivity index (χ2n) is 9.74. The van der Waals surface area contributed by atoms with Gasteiger partial charge in [-0.25, -0.2) is 30.8 Å². The van der Waals surface area contributed by atoms with Gasteiger partial charge in [-0.3, -0.25) is 9.59 Å². The number of ether oxygens (including phenoxy) is 2. The van der Waals surface area contributed by atoms with Crippen molar-refractivity contribution in [2.45, 2.75) is 36.4 Å². The lowest BCUT2D eigenvalue weighted by Crippen LogP contribution is -2.45. The Bertz CT molecular complexity index is 1440. The fourth-order valence-corrected chi connectivity index (χ4v) is 6.27. The molecule has 11 nitrogen and oxygen atoms in total. The number of anilines is 1. The first-order chi connectivity index (χ1) is 19.9. The number of carboxylic acids is 1. The van der Waals surface area contributed by atoms with Crippen LogP contribution in [0.15, 0.2) is 35.2 Å². The summed E-state index contributed by atoms with van der Waals surface area (Å²) in [6.07, 6.45) is -2.18. The molecule has 0 spiro atoms. The van der Waals surface area contributed by atoms with Crippen molar-refractivity contribution in [3.63, 3.8) is 0 Å². The summed E-state index contributed by atoms with van der Waals surface area (Å²) < 4.78 is 92.9. The molecule has 16 heteroatoms. The summed E-state index contributed by atoms with van der Waals surface area (Å²) in [5, 5.41) is 14.8. The van der Waals surface area contributed by atoms with Crippen LogP contribution in [0.4, 0.5) is 23.2 Å². The third-order valence-corrected chi connectivity index (χ3v) is 8.79. The second-order valence-corrected chi connectivity index (χ2v) is 11.7. The maximum Gasteiger partial charge on any atom is 0.345 e. The third kappa shape index (κ3) is 7.24. The van der Waals surface area contributed by atoms with Crippen molar-refractivity contribution >= 4 is 33.6 Å². The molecule has 2 heterocycles. The molecule has 2 fully saturated rings. The van der Waals surface area contributed by atoms with E-state index in [4.69, 9.17) is 9.47 Å². The quantitative estimate of drug-likeness (QED) is 0.219. The Balaban J connectivity index is 1.42. The summed E-state index contributed by atoms with van der Waals surface area (Å²) in [5.41, 5.74) is -0.825. The third-order valence-electron chi connectivity index (χ3n) is 6.88. The number of carbonyl (C=O) groups is 3. The van der Waals surface area contributed by atoms with Gasteiger partial charge in [0.1, 0.15) is 10.7 Å².